The minimum Gasteiger partial charge on any atom is -0.322 e. The number of carbonyl (C=O) groups is 1. The zero-order chi connectivity index (χ0) is 24.1. The average molecular weight is 494 g/mol. The third-order valence-corrected chi connectivity index (χ3v) is 9.23. The van der Waals surface area contributed by atoms with Crippen LogP contribution in [0.25, 0.3) is 0 Å². The highest BCUT2D eigenvalue weighted by Crippen LogP contribution is 2.22. The van der Waals surface area contributed by atoms with Gasteiger partial charge in [-0.15, -0.1) is 0 Å². The van der Waals surface area contributed by atoms with E-state index >= 15 is 0 Å². The van der Waals surface area contributed by atoms with E-state index in [2.05, 4.69) is 10.0 Å². The van der Waals surface area contributed by atoms with E-state index in [9.17, 15) is 21.6 Å². The van der Waals surface area contributed by atoms with Gasteiger partial charge in [-0.05, 0) is 74.7 Å². The first-order chi connectivity index (χ1) is 15.6. The summed E-state index contributed by atoms with van der Waals surface area (Å²) < 4.78 is 54.6. The summed E-state index contributed by atoms with van der Waals surface area (Å²) in [6.07, 6.45) is 4.47. The second-order valence-corrected chi connectivity index (χ2v) is 11.9. The van der Waals surface area contributed by atoms with Crippen LogP contribution in [0.5, 0.6) is 0 Å². The van der Waals surface area contributed by atoms with Crippen molar-refractivity contribution in [1.82, 2.24) is 9.03 Å². The summed E-state index contributed by atoms with van der Waals surface area (Å²) in [6.45, 7) is 4.72. The number of rotatable bonds is 8. The van der Waals surface area contributed by atoms with Crippen molar-refractivity contribution >= 4 is 31.6 Å². The van der Waals surface area contributed by atoms with E-state index in [-0.39, 0.29) is 15.8 Å². The Morgan fingerprint density at radius 1 is 0.879 bits per heavy atom. The summed E-state index contributed by atoms with van der Waals surface area (Å²) in [6, 6.07) is 11.6. The molecule has 0 aliphatic carbocycles. The molecule has 10 heteroatoms. The number of carbonyl (C=O) groups excluding carboxylic acids is 1. The maximum Gasteiger partial charge on any atom is 0.255 e. The Balaban J connectivity index is 1.67. The van der Waals surface area contributed by atoms with Crippen molar-refractivity contribution in [2.75, 3.05) is 18.4 Å². The highest BCUT2D eigenvalue weighted by molar-refractivity contribution is 7.89. The number of anilines is 1. The molecule has 3 rings (SSSR count). The van der Waals surface area contributed by atoms with Gasteiger partial charge in [-0.1, -0.05) is 19.8 Å². The zero-order valence-electron chi connectivity index (χ0n) is 19.0. The average Bonchev–Trinajstić information content (AvgIpc) is 3.09. The summed E-state index contributed by atoms with van der Waals surface area (Å²) in [7, 11) is -7.20. The van der Waals surface area contributed by atoms with Crippen molar-refractivity contribution in [3.63, 3.8) is 0 Å². The fraction of sp³-hybridized carbons (Fsp3) is 0.435. The first-order valence-corrected chi connectivity index (χ1v) is 14.1. The minimum absolute atomic E-state index is 0.0856. The number of nitrogens with one attached hydrogen (secondary N) is 2. The van der Waals surface area contributed by atoms with E-state index in [1.807, 2.05) is 6.92 Å². The lowest BCUT2D eigenvalue weighted by molar-refractivity contribution is 0.102. The first kappa shape index (κ1) is 25.4. The number of hydrogen-bond acceptors (Lipinski definition) is 5. The van der Waals surface area contributed by atoms with Crippen LogP contribution in [0.1, 0.15) is 56.3 Å². The standard InChI is InChI=1S/C23H31N3O5S2/c1-3-18(2)25-32(28,29)21-12-8-19(9-13-21)23(27)24-20-10-14-22(15-11-20)33(30,31)26-16-6-4-5-7-17-26/h8-15,18,25H,3-7,16-17H2,1-2H3,(H,24,27). The molecule has 0 aromatic heterocycles. The molecule has 8 nitrogen and oxygen atoms in total. The molecule has 2 aromatic rings. The largest absolute Gasteiger partial charge is 0.322 e. The van der Waals surface area contributed by atoms with Gasteiger partial charge in [0.25, 0.3) is 5.91 Å². The van der Waals surface area contributed by atoms with Gasteiger partial charge in [-0.25, -0.2) is 21.6 Å². The second-order valence-electron chi connectivity index (χ2n) is 8.25. The molecule has 0 saturated carbocycles. The van der Waals surface area contributed by atoms with E-state index in [0.29, 0.717) is 30.8 Å². The van der Waals surface area contributed by atoms with Gasteiger partial charge in [0.05, 0.1) is 9.79 Å². The molecule has 0 spiro atoms. The van der Waals surface area contributed by atoms with Crippen LogP contribution in [0.4, 0.5) is 5.69 Å². The van der Waals surface area contributed by atoms with Crippen molar-refractivity contribution in [2.45, 2.75) is 61.8 Å². The van der Waals surface area contributed by atoms with Gasteiger partial charge in [-0.2, -0.15) is 4.31 Å². The van der Waals surface area contributed by atoms with Gasteiger partial charge in [-0.3, -0.25) is 4.79 Å². The molecule has 33 heavy (non-hydrogen) atoms. The van der Waals surface area contributed by atoms with Gasteiger partial charge >= 0.3 is 0 Å². The molecular weight excluding hydrogens is 462 g/mol. The Hall–Kier alpha value is -2.27. The van der Waals surface area contributed by atoms with E-state index < -0.39 is 26.0 Å². The number of benzene rings is 2. The van der Waals surface area contributed by atoms with Crippen LogP contribution in [0.2, 0.25) is 0 Å². The molecule has 1 aliphatic rings. The zero-order valence-corrected chi connectivity index (χ0v) is 20.6. The maximum atomic E-state index is 12.9. The quantitative estimate of drug-likeness (QED) is 0.584. The van der Waals surface area contributed by atoms with Gasteiger partial charge in [0.2, 0.25) is 20.0 Å². The molecular formula is C23H31N3O5S2. The van der Waals surface area contributed by atoms with Crippen LogP contribution in [0.3, 0.4) is 0 Å². The van der Waals surface area contributed by atoms with E-state index in [1.54, 1.807) is 19.1 Å². The van der Waals surface area contributed by atoms with Gasteiger partial charge in [0.15, 0.2) is 0 Å². The van der Waals surface area contributed by atoms with Crippen LogP contribution in [0.15, 0.2) is 58.3 Å². The molecule has 1 aliphatic heterocycles. The molecule has 180 valence electrons. The third kappa shape index (κ3) is 6.41. The van der Waals surface area contributed by atoms with Crippen molar-refractivity contribution in [2.24, 2.45) is 0 Å². The minimum atomic E-state index is -3.65. The van der Waals surface area contributed by atoms with Crippen molar-refractivity contribution in [1.29, 1.82) is 0 Å². The van der Waals surface area contributed by atoms with Gasteiger partial charge < -0.3 is 5.32 Å². The van der Waals surface area contributed by atoms with Crippen LogP contribution in [-0.2, 0) is 20.0 Å². The van der Waals surface area contributed by atoms with Crippen molar-refractivity contribution in [3.8, 4) is 0 Å². The Morgan fingerprint density at radius 3 is 1.97 bits per heavy atom. The molecule has 1 amide bonds. The Labute approximate surface area is 196 Å². The van der Waals surface area contributed by atoms with Crippen LogP contribution in [-0.4, -0.2) is 46.2 Å². The smallest absolute Gasteiger partial charge is 0.255 e. The number of hydrogen-bond donors (Lipinski definition) is 2. The van der Waals surface area contributed by atoms with Gasteiger partial charge in [0.1, 0.15) is 0 Å². The number of sulfonamides is 2. The van der Waals surface area contributed by atoms with E-state index in [4.69, 9.17) is 0 Å². The fourth-order valence-corrected chi connectivity index (χ4v) is 6.39. The van der Waals surface area contributed by atoms with Crippen molar-refractivity contribution < 1.29 is 21.6 Å². The highest BCUT2D eigenvalue weighted by Gasteiger charge is 2.25. The fourth-order valence-electron chi connectivity index (χ4n) is 3.55. The first-order valence-electron chi connectivity index (χ1n) is 11.2. The summed E-state index contributed by atoms with van der Waals surface area (Å²) >= 11 is 0. The Kier molecular flexibility index (Phi) is 8.28. The summed E-state index contributed by atoms with van der Waals surface area (Å²) in [5.41, 5.74) is 0.740. The predicted octanol–water partition coefficient (Wildman–Crippen LogP) is 3.58. The lowest BCUT2D eigenvalue weighted by Gasteiger charge is -2.20. The topological polar surface area (TPSA) is 113 Å². The molecule has 2 aromatic carbocycles. The van der Waals surface area contributed by atoms with Crippen LogP contribution < -0.4 is 10.0 Å². The lowest BCUT2D eigenvalue weighted by atomic mass is 10.2. The highest BCUT2D eigenvalue weighted by atomic mass is 32.2. The molecule has 1 atom stereocenters. The summed E-state index contributed by atoms with van der Waals surface area (Å²) in [4.78, 5) is 12.8. The van der Waals surface area contributed by atoms with E-state index in [0.717, 1.165) is 25.7 Å². The molecule has 1 heterocycles. The number of nitrogens with zero attached hydrogens (tertiary/aromatic N) is 1. The third-order valence-electron chi connectivity index (χ3n) is 5.71. The Bertz CT molecular complexity index is 1150. The summed E-state index contributed by atoms with van der Waals surface area (Å²) in [5, 5.41) is 2.71. The van der Waals surface area contributed by atoms with Crippen LogP contribution >= 0.6 is 0 Å². The Morgan fingerprint density at radius 2 is 1.42 bits per heavy atom. The molecule has 2 N–H and O–H groups in total. The number of amides is 1. The monoisotopic (exact) mass is 493 g/mol. The summed E-state index contributed by atoms with van der Waals surface area (Å²) in [5.74, 6) is -0.419. The predicted molar refractivity (Wildman–Crippen MR) is 128 cm³/mol. The maximum absolute atomic E-state index is 12.9. The second kappa shape index (κ2) is 10.8. The van der Waals surface area contributed by atoms with E-state index in [1.165, 1.54) is 40.7 Å². The lowest BCUT2D eigenvalue weighted by Crippen LogP contribution is -2.32. The molecule has 1 unspecified atom stereocenters. The molecule has 1 saturated heterocycles. The molecule has 0 bridgehead atoms. The van der Waals surface area contributed by atoms with Crippen LogP contribution in [0, 0.1) is 0 Å². The van der Waals surface area contributed by atoms with Crippen molar-refractivity contribution in [3.05, 3.63) is 54.1 Å². The molecule has 0 radical (unpaired) electrons. The molecule has 1 fully saturated rings. The normalized spacial score (nSPS) is 16.7. The SMILES string of the molecule is CCC(C)NS(=O)(=O)c1ccc(C(=O)Nc2ccc(S(=O)(=O)N3CCCCCC3)cc2)cc1. The van der Waals surface area contributed by atoms with Gasteiger partial charge in [0, 0.05) is 30.4 Å².